The third-order valence-corrected chi connectivity index (χ3v) is 4.64. The number of benzene rings is 1. The number of hydrogen-bond donors (Lipinski definition) is 2. The zero-order valence-corrected chi connectivity index (χ0v) is 15.7. The quantitative estimate of drug-likeness (QED) is 0.406. The van der Waals surface area contributed by atoms with E-state index >= 15 is 0 Å². The first-order valence-electron chi connectivity index (χ1n) is 8.69. The number of aliphatic imine (C=N–C) groups is 1. The molecule has 0 saturated carbocycles. The van der Waals surface area contributed by atoms with Crippen molar-refractivity contribution in [1.82, 2.24) is 19.7 Å². The standard InChI is InChI=1S/C21H18N6O/c1-12-5-6-14(22-3)7-16(12)18-8-17-19(10-23-18)26-21(28)20(17)13(2)25-15-9-24-27(4)11-15/h5-11,26,28H,1-2,4H3. The lowest BCUT2D eigenvalue weighted by Crippen LogP contribution is -1.94. The minimum Gasteiger partial charge on any atom is -0.494 e. The number of aromatic amines is 1. The molecule has 4 aromatic rings. The Morgan fingerprint density at radius 2 is 2.11 bits per heavy atom. The largest absolute Gasteiger partial charge is 0.494 e. The zero-order valence-electron chi connectivity index (χ0n) is 15.7. The number of hydrogen-bond acceptors (Lipinski definition) is 4. The molecule has 0 spiro atoms. The van der Waals surface area contributed by atoms with Gasteiger partial charge in [0.25, 0.3) is 0 Å². The Kier molecular flexibility index (Phi) is 4.17. The summed E-state index contributed by atoms with van der Waals surface area (Å²) in [5, 5.41) is 15.4. The molecule has 0 aliphatic rings. The van der Waals surface area contributed by atoms with Gasteiger partial charge in [0.05, 0.1) is 47.6 Å². The third-order valence-electron chi connectivity index (χ3n) is 4.64. The van der Waals surface area contributed by atoms with Gasteiger partial charge in [0.2, 0.25) is 0 Å². The number of H-pyrrole nitrogens is 1. The van der Waals surface area contributed by atoms with Crippen molar-refractivity contribution in [3.05, 3.63) is 65.4 Å². The molecule has 4 rings (SSSR count). The highest BCUT2D eigenvalue weighted by Gasteiger charge is 2.16. The Morgan fingerprint density at radius 1 is 1.29 bits per heavy atom. The topological polar surface area (TPSA) is 83.5 Å². The summed E-state index contributed by atoms with van der Waals surface area (Å²) in [4.78, 5) is 15.6. The smallest absolute Gasteiger partial charge is 0.198 e. The van der Waals surface area contributed by atoms with E-state index in [9.17, 15) is 5.11 Å². The Labute approximate surface area is 161 Å². The molecular formula is C21H18N6O. The first-order chi connectivity index (χ1) is 13.5. The second kappa shape index (κ2) is 6.67. The van der Waals surface area contributed by atoms with Crippen LogP contribution in [0.3, 0.4) is 0 Å². The minimum atomic E-state index is 0.0470. The highest BCUT2D eigenvalue weighted by Crippen LogP contribution is 2.33. The Bertz CT molecular complexity index is 1270. The van der Waals surface area contributed by atoms with Crippen molar-refractivity contribution < 1.29 is 5.11 Å². The van der Waals surface area contributed by atoms with Crippen LogP contribution < -0.4 is 0 Å². The van der Waals surface area contributed by atoms with Crippen LogP contribution in [0.5, 0.6) is 5.88 Å². The van der Waals surface area contributed by atoms with Gasteiger partial charge in [-0.05, 0) is 37.1 Å². The fourth-order valence-corrected chi connectivity index (χ4v) is 3.26. The summed E-state index contributed by atoms with van der Waals surface area (Å²) >= 11 is 0. The molecule has 0 atom stereocenters. The van der Waals surface area contributed by atoms with Crippen molar-refractivity contribution in [2.75, 3.05) is 0 Å². The van der Waals surface area contributed by atoms with E-state index in [1.165, 1.54) is 0 Å². The van der Waals surface area contributed by atoms with Crippen LogP contribution in [0.25, 0.3) is 27.0 Å². The Balaban J connectivity index is 1.88. The predicted molar refractivity (Wildman–Crippen MR) is 109 cm³/mol. The fourth-order valence-electron chi connectivity index (χ4n) is 3.26. The van der Waals surface area contributed by atoms with E-state index in [1.807, 2.05) is 45.3 Å². The van der Waals surface area contributed by atoms with Gasteiger partial charge in [0.1, 0.15) is 5.69 Å². The summed E-state index contributed by atoms with van der Waals surface area (Å²) in [6.07, 6.45) is 5.17. The third kappa shape index (κ3) is 3.01. The second-order valence-electron chi connectivity index (χ2n) is 6.64. The van der Waals surface area contributed by atoms with Crippen LogP contribution in [-0.2, 0) is 7.05 Å². The van der Waals surface area contributed by atoms with Crippen molar-refractivity contribution in [3.63, 3.8) is 0 Å². The maximum absolute atomic E-state index is 10.5. The molecule has 0 saturated heterocycles. The van der Waals surface area contributed by atoms with Gasteiger partial charge >= 0.3 is 0 Å². The number of aromatic hydroxyl groups is 1. The average Bonchev–Trinajstić information content (AvgIpc) is 3.23. The van der Waals surface area contributed by atoms with Crippen LogP contribution in [0.2, 0.25) is 0 Å². The summed E-state index contributed by atoms with van der Waals surface area (Å²) in [6.45, 7) is 11.1. The number of nitrogens with one attached hydrogen (secondary N) is 1. The number of fused-ring (bicyclic) bond motifs is 1. The molecule has 0 radical (unpaired) electrons. The molecule has 0 bridgehead atoms. The Hall–Kier alpha value is -3.92. The van der Waals surface area contributed by atoms with Crippen molar-refractivity contribution in [1.29, 1.82) is 0 Å². The van der Waals surface area contributed by atoms with Crippen LogP contribution >= 0.6 is 0 Å². The summed E-state index contributed by atoms with van der Waals surface area (Å²) in [5.41, 5.74) is 5.95. The molecule has 28 heavy (non-hydrogen) atoms. The summed E-state index contributed by atoms with van der Waals surface area (Å²) < 4.78 is 1.68. The molecule has 3 aromatic heterocycles. The van der Waals surface area contributed by atoms with Gasteiger partial charge in [-0.15, -0.1) is 0 Å². The van der Waals surface area contributed by atoms with Crippen molar-refractivity contribution in [3.8, 4) is 17.1 Å². The van der Waals surface area contributed by atoms with Crippen molar-refractivity contribution in [2.24, 2.45) is 12.0 Å². The molecule has 2 N–H and O–H groups in total. The molecule has 3 heterocycles. The van der Waals surface area contributed by atoms with E-state index in [1.54, 1.807) is 23.1 Å². The number of nitrogens with zero attached hydrogens (tertiary/aromatic N) is 5. The molecule has 1 aromatic carbocycles. The SMILES string of the molecule is [C-]#[N+]c1ccc(C)c(-c2cc3c(C(C)=Nc4cnn(C)c4)c(O)[nH]c3cn2)c1. The molecular weight excluding hydrogens is 352 g/mol. The van der Waals surface area contributed by atoms with E-state index in [-0.39, 0.29) is 5.88 Å². The lowest BCUT2D eigenvalue weighted by molar-refractivity contribution is 0.457. The van der Waals surface area contributed by atoms with Crippen LogP contribution in [-0.4, -0.2) is 30.6 Å². The van der Waals surface area contributed by atoms with Gasteiger partial charge in [-0.25, -0.2) is 9.84 Å². The predicted octanol–water partition coefficient (Wildman–Crippen LogP) is 4.67. The summed E-state index contributed by atoms with van der Waals surface area (Å²) in [7, 11) is 1.83. The molecule has 7 nitrogen and oxygen atoms in total. The average molecular weight is 370 g/mol. The van der Waals surface area contributed by atoms with Crippen LogP contribution in [0.4, 0.5) is 11.4 Å². The normalized spacial score (nSPS) is 11.7. The molecule has 7 heteroatoms. The molecule has 0 fully saturated rings. The fraction of sp³-hybridized carbons (Fsp3) is 0.143. The van der Waals surface area contributed by atoms with Crippen LogP contribution in [0, 0.1) is 13.5 Å². The summed E-state index contributed by atoms with van der Waals surface area (Å²) in [6, 6.07) is 7.46. The number of aryl methyl sites for hydroxylation is 2. The van der Waals surface area contributed by atoms with E-state index in [0.29, 0.717) is 22.6 Å². The maximum atomic E-state index is 10.5. The summed E-state index contributed by atoms with van der Waals surface area (Å²) in [5.74, 6) is 0.0470. The highest BCUT2D eigenvalue weighted by atomic mass is 16.3. The first-order valence-corrected chi connectivity index (χ1v) is 8.69. The van der Waals surface area contributed by atoms with Gasteiger partial charge in [0.15, 0.2) is 11.6 Å². The minimum absolute atomic E-state index is 0.0470. The zero-order chi connectivity index (χ0) is 19.8. The molecule has 0 aliphatic carbocycles. The molecule has 138 valence electrons. The van der Waals surface area contributed by atoms with Gasteiger partial charge in [-0.3, -0.25) is 9.67 Å². The van der Waals surface area contributed by atoms with Crippen LogP contribution in [0.15, 0.2) is 47.8 Å². The van der Waals surface area contributed by atoms with E-state index in [0.717, 1.165) is 27.7 Å². The first kappa shape index (κ1) is 17.5. The van der Waals surface area contributed by atoms with Gasteiger partial charge in [0, 0.05) is 12.4 Å². The van der Waals surface area contributed by atoms with Crippen LogP contribution in [0.1, 0.15) is 18.1 Å². The molecule has 0 amide bonds. The van der Waals surface area contributed by atoms with E-state index in [4.69, 9.17) is 6.57 Å². The van der Waals surface area contributed by atoms with E-state index in [2.05, 4.69) is 24.9 Å². The number of pyridine rings is 1. The lowest BCUT2D eigenvalue weighted by atomic mass is 10.0. The maximum Gasteiger partial charge on any atom is 0.198 e. The van der Waals surface area contributed by atoms with Gasteiger partial charge in [-0.2, -0.15) is 5.10 Å². The second-order valence-corrected chi connectivity index (χ2v) is 6.64. The van der Waals surface area contributed by atoms with Gasteiger partial charge < -0.3 is 10.1 Å². The molecule has 0 unspecified atom stereocenters. The molecule has 0 aliphatic heterocycles. The van der Waals surface area contributed by atoms with Crippen molar-refractivity contribution in [2.45, 2.75) is 13.8 Å². The Morgan fingerprint density at radius 3 is 2.82 bits per heavy atom. The number of rotatable bonds is 3. The van der Waals surface area contributed by atoms with Gasteiger partial charge in [-0.1, -0.05) is 12.1 Å². The number of aromatic nitrogens is 4. The lowest BCUT2D eigenvalue weighted by Gasteiger charge is -2.07. The highest BCUT2D eigenvalue weighted by molar-refractivity contribution is 6.13. The van der Waals surface area contributed by atoms with Crippen molar-refractivity contribution >= 4 is 28.0 Å². The van der Waals surface area contributed by atoms with E-state index < -0.39 is 0 Å². The monoisotopic (exact) mass is 370 g/mol.